The van der Waals surface area contributed by atoms with E-state index < -0.39 is 0 Å². The van der Waals surface area contributed by atoms with Gasteiger partial charge in [0.25, 0.3) is 0 Å². The summed E-state index contributed by atoms with van der Waals surface area (Å²) in [5, 5.41) is 19.6. The quantitative estimate of drug-likeness (QED) is 0.156. The zero-order chi connectivity index (χ0) is 42.9. The Bertz CT molecular complexity index is 3690. The molecule has 11 aromatic rings. The average Bonchev–Trinajstić information content (AvgIpc) is 3.58. The van der Waals surface area contributed by atoms with Gasteiger partial charge < -0.3 is 4.90 Å². The zero-order valence-corrected chi connectivity index (χ0v) is 35.7. The molecule has 0 aromatic heterocycles. The average molecular weight is 815 g/mol. The largest absolute Gasteiger partial charge is 0.310 e. The Morgan fingerprint density at radius 2 is 0.828 bits per heavy atom. The van der Waals surface area contributed by atoms with Gasteiger partial charge in [0.15, 0.2) is 0 Å². The fourth-order valence-corrected chi connectivity index (χ4v) is 10.6. The lowest BCUT2D eigenvalue weighted by atomic mass is 9.82. The lowest BCUT2D eigenvalue weighted by molar-refractivity contribution is 0.660. The normalized spacial score (nSPS) is 12.6. The molecule has 0 atom stereocenters. The third-order valence-electron chi connectivity index (χ3n) is 13.7. The minimum atomic E-state index is -0.137. The van der Waals surface area contributed by atoms with E-state index in [0.717, 1.165) is 28.2 Å². The second-order valence-corrected chi connectivity index (χ2v) is 17.6. The van der Waals surface area contributed by atoms with Crippen molar-refractivity contribution in [2.75, 3.05) is 4.90 Å². The van der Waals surface area contributed by atoms with Crippen molar-refractivity contribution in [1.82, 2.24) is 0 Å². The molecule has 1 aliphatic carbocycles. The molecule has 0 unspecified atom stereocenters. The van der Waals surface area contributed by atoms with E-state index in [4.69, 9.17) is 0 Å². The van der Waals surface area contributed by atoms with E-state index in [-0.39, 0.29) is 5.41 Å². The lowest BCUT2D eigenvalue weighted by Crippen LogP contribution is -2.16. The van der Waals surface area contributed by atoms with Crippen LogP contribution in [0.25, 0.3) is 87.6 Å². The highest BCUT2D eigenvalue weighted by Crippen LogP contribution is 2.51. The Morgan fingerprint density at radius 3 is 1.47 bits per heavy atom. The summed E-state index contributed by atoms with van der Waals surface area (Å²) in [5.74, 6) is 0. The molecule has 0 amide bonds. The Hall–Kier alpha value is -8.25. The summed E-state index contributed by atoms with van der Waals surface area (Å²) < 4.78 is 0. The maximum Gasteiger partial charge on any atom is 0.0991 e. The van der Waals surface area contributed by atoms with Crippen molar-refractivity contribution < 1.29 is 0 Å². The molecule has 2 heteroatoms. The molecule has 11 aromatic carbocycles. The van der Waals surface area contributed by atoms with E-state index in [1.807, 2.05) is 12.1 Å². The van der Waals surface area contributed by atoms with Crippen LogP contribution in [0, 0.1) is 11.3 Å². The van der Waals surface area contributed by atoms with E-state index in [0.29, 0.717) is 5.56 Å². The highest BCUT2D eigenvalue weighted by Gasteiger charge is 2.35. The second kappa shape index (κ2) is 14.7. The first-order valence-electron chi connectivity index (χ1n) is 22.1. The first kappa shape index (κ1) is 37.5. The van der Waals surface area contributed by atoms with Crippen molar-refractivity contribution in [3.63, 3.8) is 0 Å². The predicted molar refractivity (Wildman–Crippen MR) is 270 cm³/mol. The van der Waals surface area contributed by atoms with E-state index in [2.05, 4.69) is 231 Å². The van der Waals surface area contributed by atoms with Crippen molar-refractivity contribution in [2.45, 2.75) is 19.3 Å². The summed E-state index contributed by atoms with van der Waals surface area (Å²) in [6, 6.07) is 81.7. The monoisotopic (exact) mass is 814 g/mol. The summed E-state index contributed by atoms with van der Waals surface area (Å²) in [6.07, 6.45) is 0. The Kier molecular flexibility index (Phi) is 8.61. The Labute approximate surface area is 373 Å². The molecular formula is C62H42N2. The van der Waals surface area contributed by atoms with Crippen LogP contribution < -0.4 is 4.90 Å². The molecule has 0 fully saturated rings. The predicted octanol–water partition coefficient (Wildman–Crippen LogP) is 16.9. The first-order valence-corrected chi connectivity index (χ1v) is 22.1. The maximum absolute atomic E-state index is 9.69. The number of anilines is 3. The Balaban J connectivity index is 1.05. The lowest BCUT2D eigenvalue weighted by Gasteiger charge is -2.28. The third kappa shape index (κ3) is 5.86. The van der Waals surface area contributed by atoms with Crippen LogP contribution in [-0.4, -0.2) is 0 Å². The number of hydrogen-bond donors (Lipinski definition) is 0. The van der Waals surface area contributed by atoms with Crippen molar-refractivity contribution in [3.8, 4) is 50.6 Å². The SMILES string of the molecule is CC1(C)c2ccccc2-c2ccc(N(c3ccc(C#N)cc3)c3ccc(-c4ccc5c(-c6cccc7ccccc67)c6ccccc6c(-c6cccc7ccccc67)c5c4)cc3)cc21. The molecule has 12 rings (SSSR count). The molecule has 0 radical (unpaired) electrons. The third-order valence-corrected chi connectivity index (χ3v) is 13.7. The molecule has 0 saturated carbocycles. The number of hydrogen-bond acceptors (Lipinski definition) is 2. The van der Waals surface area contributed by atoms with Crippen LogP contribution in [-0.2, 0) is 5.41 Å². The zero-order valence-electron chi connectivity index (χ0n) is 35.7. The van der Waals surface area contributed by atoms with Gasteiger partial charge in [0.2, 0.25) is 0 Å². The van der Waals surface area contributed by atoms with Crippen LogP contribution in [0.5, 0.6) is 0 Å². The van der Waals surface area contributed by atoms with Crippen molar-refractivity contribution in [2.24, 2.45) is 0 Å². The van der Waals surface area contributed by atoms with E-state index in [1.165, 1.54) is 87.6 Å². The summed E-state index contributed by atoms with van der Waals surface area (Å²) in [4.78, 5) is 2.31. The Morgan fingerprint density at radius 1 is 0.359 bits per heavy atom. The number of nitrogens with zero attached hydrogens (tertiary/aromatic N) is 2. The smallest absolute Gasteiger partial charge is 0.0991 e. The molecule has 64 heavy (non-hydrogen) atoms. The van der Waals surface area contributed by atoms with Gasteiger partial charge in [-0.15, -0.1) is 0 Å². The standard InChI is InChI=1S/C62H42N2/c1-62(2)58-24-10-9-19-50(58)51-36-34-47(38-59(51)62)64(45-30-25-40(39-63)26-31-45)46-32-27-41(28-33-46)44-29-35-56-57(37-44)61(53-23-12-16-43-14-4-6-18-49(43)53)55-21-8-7-20-54(55)60(56)52-22-11-15-42-13-3-5-17-48(42)52/h3-38H,1-2H3. The highest BCUT2D eigenvalue weighted by atomic mass is 15.1. The number of fused-ring (bicyclic) bond motifs is 7. The van der Waals surface area contributed by atoms with Gasteiger partial charge in [0.05, 0.1) is 11.6 Å². The molecule has 0 aliphatic heterocycles. The minimum Gasteiger partial charge on any atom is -0.310 e. The molecule has 0 N–H and O–H groups in total. The van der Waals surface area contributed by atoms with Crippen LogP contribution in [0.2, 0.25) is 0 Å². The van der Waals surface area contributed by atoms with Crippen molar-refractivity contribution >= 4 is 60.2 Å². The van der Waals surface area contributed by atoms with Crippen LogP contribution in [0.3, 0.4) is 0 Å². The van der Waals surface area contributed by atoms with E-state index in [1.54, 1.807) is 0 Å². The van der Waals surface area contributed by atoms with Crippen LogP contribution in [0.15, 0.2) is 218 Å². The number of rotatable bonds is 6. The number of benzene rings is 11. The number of nitriles is 1. The fourth-order valence-electron chi connectivity index (χ4n) is 10.6. The van der Waals surface area contributed by atoms with Gasteiger partial charge >= 0.3 is 0 Å². The summed E-state index contributed by atoms with van der Waals surface area (Å²) in [7, 11) is 0. The molecule has 0 bridgehead atoms. The van der Waals surface area contributed by atoms with Gasteiger partial charge in [-0.3, -0.25) is 0 Å². The molecule has 0 heterocycles. The van der Waals surface area contributed by atoms with Gasteiger partial charge in [0.1, 0.15) is 0 Å². The minimum absolute atomic E-state index is 0.137. The van der Waals surface area contributed by atoms with Gasteiger partial charge in [-0.05, 0) is 153 Å². The highest BCUT2D eigenvalue weighted by molar-refractivity contribution is 6.25. The van der Waals surface area contributed by atoms with E-state index >= 15 is 0 Å². The van der Waals surface area contributed by atoms with Gasteiger partial charge in [-0.2, -0.15) is 5.26 Å². The molecule has 0 saturated heterocycles. The van der Waals surface area contributed by atoms with Gasteiger partial charge in [-0.25, -0.2) is 0 Å². The van der Waals surface area contributed by atoms with Crippen molar-refractivity contribution in [3.05, 3.63) is 235 Å². The first-order chi connectivity index (χ1) is 31.5. The molecular weight excluding hydrogens is 773 g/mol. The van der Waals surface area contributed by atoms with Gasteiger partial charge in [-0.1, -0.05) is 178 Å². The molecule has 1 aliphatic rings. The van der Waals surface area contributed by atoms with Gasteiger partial charge in [0, 0.05) is 22.5 Å². The van der Waals surface area contributed by atoms with E-state index in [9.17, 15) is 5.26 Å². The summed E-state index contributed by atoms with van der Waals surface area (Å²) in [5.41, 5.74) is 16.2. The molecule has 2 nitrogen and oxygen atoms in total. The maximum atomic E-state index is 9.69. The molecule has 300 valence electrons. The fraction of sp³-hybridized carbons (Fsp3) is 0.0484. The molecule has 0 spiro atoms. The topological polar surface area (TPSA) is 27.0 Å². The summed E-state index contributed by atoms with van der Waals surface area (Å²) in [6.45, 7) is 4.65. The van der Waals surface area contributed by atoms with Crippen LogP contribution in [0.1, 0.15) is 30.5 Å². The summed E-state index contributed by atoms with van der Waals surface area (Å²) >= 11 is 0. The van der Waals surface area contributed by atoms with Crippen LogP contribution in [0.4, 0.5) is 17.1 Å². The second-order valence-electron chi connectivity index (χ2n) is 17.6. The van der Waals surface area contributed by atoms with Crippen molar-refractivity contribution in [1.29, 1.82) is 5.26 Å². The van der Waals surface area contributed by atoms with Crippen LogP contribution >= 0.6 is 0 Å².